The molecule has 2 amide bonds. The van der Waals surface area contributed by atoms with Crippen LogP contribution in [0.3, 0.4) is 0 Å². The predicted molar refractivity (Wildman–Crippen MR) is 217 cm³/mol. The van der Waals surface area contributed by atoms with E-state index in [2.05, 4.69) is 46.4 Å². The normalized spacial score (nSPS) is 21.3. The maximum Gasteiger partial charge on any atom is 0.408 e. The summed E-state index contributed by atoms with van der Waals surface area (Å²) in [5, 5.41) is 4.03. The molecule has 0 saturated carbocycles. The van der Waals surface area contributed by atoms with E-state index in [1.54, 1.807) is 28.4 Å². The predicted octanol–water partition coefficient (Wildman–Crippen LogP) is 7.80. The number of aromatic amines is 1. The molecule has 0 aliphatic carbocycles. The Morgan fingerprint density at radius 2 is 1.48 bits per heavy atom. The third-order valence-electron chi connectivity index (χ3n) is 12.2. The Hall–Kier alpha value is -4.90. The minimum absolute atomic E-state index is 0.128. The van der Waals surface area contributed by atoms with Gasteiger partial charge in [-0.3, -0.25) is 9.69 Å². The number of hydrogen-bond acceptors (Lipinski definition) is 8. The van der Waals surface area contributed by atoms with Gasteiger partial charge in [-0.15, -0.1) is 0 Å². The quantitative estimate of drug-likeness (QED) is 0.159. The van der Waals surface area contributed by atoms with E-state index in [-0.39, 0.29) is 18.0 Å². The molecule has 3 aliphatic rings. The highest BCUT2D eigenvalue weighted by atomic mass is 16.6. The maximum atomic E-state index is 15.2. The molecule has 3 aromatic carbocycles. The Kier molecular flexibility index (Phi) is 11.4. The molecule has 5 atom stereocenters. The zero-order valence-electron chi connectivity index (χ0n) is 34.2. The molecule has 2 N–H and O–H groups in total. The fourth-order valence-corrected chi connectivity index (χ4v) is 9.46. The minimum atomic E-state index is -0.857. The van der Waals surface area contributed by atoms with Crippen LogP contribution >= 0.6 is 0 Å². The highest BCUT2D eigenvalue weighted by molar-refractivity contribution is 5.89. The van der Waals surface area contributed by atoms with E-state index in [0.29, 0.717) is 42.7 Å². The van der Waals surface area contributed by atoms with Crippen molar-refractivity contribution in [2.24, 2.45) is 11.8 Å². The number of carbonyl (C=O) groups excluding carboxylic acids is 2. The van der Waals surface area contributed by atoms with E-state index in [1.807, 2.05) is 56.1 Å². The number of para-hydroxylation sites is 1. The van der Waals surface area contributed by atoms with Crippen molar-refractivity contribution in [3.8, 4) is 23.0 Å². The van der Waals surface area contributed by atoms with E-state index >= 15 is 4.79 Å². The molecule has 11 nitrogen and oxygen atoms in total. The standard InChI is InChI=1S/C45H58N4O7/c1-9-27-26-48-16-14-28-21-39(52-5)41(54-7)23-33(28)37(48)19-30(27)20-38-34-24-42(55-8)40(53-6)22-29(34)15-17-49(38)43(50)36(47-44(51)56-45(2,3)4)18-31-25-46-35-13-11-10-12-32(31)35/h10-13,21-25,27,30,36-38,46H,9,14-20,26H2,1-8H3,(H,47,51)/t27-,30-,36-,37+,38-/m1/s1. The number of piperidine rings is 1. The van der Waals surface area contributed by atoms with Gasteiger partial charge in [-0.1, -0.05) is 31.5 Å². The monoisotopic (exact) mass is 766 g/mol. The lowest BCUT2D eigenvalue weighted by molar-refractivity contribution is -0.137. The number of carbonyl (C=O) groups is 2. The number of nitrogens with zero attached hydrogens (tertiary/aromatic N) is 2. The second-order valence-electron chi connectivity index (χ2n) is 16.5. The number of benzene rings is 3. The minimum Gasteiger partial charge on any atom is -0.493 e. The van der Waals surface area contributed by atoms with Crippen molar-refractivity contribution >= 4 is 22.9 Å². The van der Waals surface area contributed by atoms with Crippen LogP contribution in [0.15, 0.2) is 54.7 Å². The molecular weight excluding hydrogens is 709 g/mol. The van der Waals surface area contributed by atoms with Crippen molar-refractivity contribution in [1.82, 2.24) is 20.1 Å². The van der Waals surface area contributed by atoms with Crippen LogP contribution < -0.4 is 24.3 Å². The summed E-state index contributed by atoms with van der Waals surface area (Å²) in [6, 6.07) is 15.6. The van der Waals surface area contributed by atoms with Crippen LogP contribution in [0, 0.1) is 11.8 Å². The smallest absolute Gasteiger partial charge is 0.408 e. The van der Waals surface area contributed by atoms with Crippen molar-refractivity contribution in [3.63, 3.8) is 0 Å². The van der Waals surface area contributed by atoms with Crippen LogP contribution in [0.4, 0.5) is 4.79 Å². The summed E-state index contributed by atoms with van der Waals surface area (Å²) in [5.74, 6) is 3.45. The Morgan fingerprint density at radius 3 is 2.14 bits per heavy atom. The number of ether oxygens (including phenoxy) is 5. The van der Waals surface area contributed by atoms with Gasteiger partial charge < -0.3 is 38.9 Å². The van der Waals surface area contributed by atoms with E-state index in [4.69, 9.17) is 23.7 Å². The summed E-state index contributed by atoms with van der Waals surface area (Å²) in [7, 11) is 6.69. The highest BCUT2D eigenvalue weighted by Crippen LogP contribution is 2.49. The van der Waals surface area contributed by atoms with Crippen molar-refractivity contribution < 1.29 is 33.3 Å². The number of amides is 2. The molecule has 11 heteroatoms. The first-order valence-electron chi connectivity index (χ1n) is 20.0. The van der Waals surface area contributed by atoms with Crippen LogP contribution in [0.2, 0.25) is 0 Å². The van der Waals surface area contributed by atoms with Crippen molar-refractivity contribution in [1.29, 1.82) is 0 Å². The van der Waals surface area contributed by atoms with E-state index in [9.17, 15) is 4.79 Å². The Morgan fingerprint density at radius 1 is 0.857 bits per heavy atom. The molecular formula is C45H58N4O7. The van der Waals surface area contributed by atoms with Crippen molar-refractivity contribution in [2.45, 2.75) is 89.9 Å². The zero-order chi connectivity index (χ0) is 39.7. The van der Waals surface area contributed by atoms with Gasteiger partial charge in [0.2, 0.25) is 5.91 Å². The van der Waals surface area contributed by atoms with Crippen molar-refractivity contribution in [2.75, 3.05) is 48.1 Å². The number of rotatable bonds is 11. The first kappa shape index (κ1) is 39.3. The van der Waals surface area contributed by atoms with E-state index in [0.717, 1.165) is 77.9 Å². The second kappa shape index (κ2) is 16.3. The van der Waals surface area contributed by atoms with Crippen molar-refractivity contribution in [3.05, 3.63) is 82.5 Å². The number of methoxy groups -OCH3 is 4. The average Bonchev–Trinajstić information content (AvgIpc) is 3.60. The Labute approximate surface area is 331 Å². The fraction of sp³-hybridized carbons (Fsp3) is 0.511. The SMILES string of the molecule is CC[C@@H]1CN2CCc3cc(OC)c(OC)cc3[C@@H]2C[C@@H]1C[C@@H]1c2cc(OC)c(OC)cc2CCN1C(=O)[C@@H](Cc1c[nH]c2ccccc12)NC(=O)OC(C)(C)C. The molecule has 300 valence electrons. The van der Waals surface area contributed by atoms with Gasteiger partial charge in [0.1, 0.15) is 11.6 Å². The van der Waals surface area contributed by atoms with E-state index in [1.165, 1.54) is 11.1 Å². The van der Waals surface area contributed by atoms with Crippen LogP contribution in [0.5, 0.6) is 23.0 Å². The molecule has 3 aliphatic heterocycles. The molecule has 4 heterocycles. The molecule has 0 radical (unpaired) electrons. The molecule has 0 bridgehead atoms. The topological polar surface area (TPSA) is 115 Å². The lowest BCUT2D eigenvalue weighted by Crippen LogP contribution is -2.53. The number of alkyl carbamates (subject to hydrolysis) is 1. The first-order valence-corrected chi connectivity index (χ1v) is 20.0. The summed E-state index contributed by atoms with van der Waals surface area (Å²) in [6.07, 6.45) is 6.02. The molecule has 1 fully saturated rings. The molecule has 7 rings (SSSR count). The average molecular weight is 767 g/mol. The molecule has 0 unspecified atom stereocenters. The fourth-order valence-electron chi connectivity index (χ4n) is 9.46. The number of H-pyrrole nitrogens is 1. The summed E-state index contributed by atoms with van der Waals surface area (Å²) in [5.41, 5.74) is 6.04. The van der Waals surface area contributed by atoms with Gasteiger partial charge in [0.05, 0.1) is 34.5 Å². The molecule has 56 heavy (non-hydrogen) atoms. The molecule has 0 spiro atoms. The number of nitrogens with one attached hydrogen (secondary N) is 2. The zero-order valence-corrected chi connectivity index (χ0v) is 34.2. The molecule has 4 aromatic rings. The summed E-state index contributed by atoms with van der Waals surface area (Å²) < 4.78 is 28.8. The van der Waals surface area contributed by atoms with Gasteiger partial charge in [-0.25, -0.2) is 4.79 Å². The third kappa shape index (κ3) is 7.88. The van der Waals surface area contributed by atoms with Crippen LogP contribution in [-0.2, 0) is 28.8 Å². The summed E-state index contributed by atoms with van der Waals surface area (Å²) in [4.78, 5) is 36.7. The van der Waals surface area contributed by atoms with Crippen LogP contribution in [-0.4, -0.2) is 86.5 Å². The van der Waals surface area contributed by atoms with Gasteiger partial charge in [-0.2, -0.15) is 0 Å². The van der Waals surface area contributed by atoms with Gasteiger partial charge >= 0.3 is 6.09 Å². The maximum absolute atomic E-state index is 15.2. The Balaban J connectivity index is 1.26. The van der Waals surface area contributed by atoms with Gasteiger partial charge in [0.25, 0.3) is 0 Å². The molecule has 1 aromatic heterocycles. The lowest BCUT2D eigenvalue weighted by Gasteiger charge is -2.49. The third-order valence-corrected chi connectivity index (χ3v) is 12.2. The van der Waals surface area contributed by atoms with Crippen LogP contribution in [0.25, 0.3) is 10.9 Å². The Bertz CT molecular complexity index is 2050. The van der Waals surface area contributed by atoms with Crippen LogP contribution in [0.1, 0.15) is 86.9 Å². The number of hydrogen-bond donors (Lipinski definition) is 2. The summed E-state index contributed by atoms with van der Waals surface area (Å²) >= 11 is 0. The second-order valence-corrected chi connectivity index (χ2v) is 16.5. The summed E-state index contributed by atoms with van der Waals surface area (Å²) in [6.45, 7) is 10.3. The van der Waals surface area contributed by atoms with E-state index < -0.39 is 17.7 Å². The number of aromatic nitrogens is 1. The lowest BCUT2D eigenvalue weighted by atomic mass is 9.72. The highest BCUT2D eigenvalue weighted by Gasteiger charge is 2.43. The van der Waals surface area contributed by atoms with Gasteiger partial charge in [0, 0.05) is 49.2 Å². The number of fused-ring (bicyclic) bond motifs is 5. The molecule has 1 saturated heterocycles. The van der Waals surface area contributed by atoms with Gasteiger partial charge in [0.15, 0.2) is 23.0 Å². The van der Waals surface area contributed by atoms with Gasteiger partial charge in [-0.05, 0) is 116 Å². The largest absolute Gasteiger partial charge is 0.493 e. The first-order chi connectivity index (χ1) is 26.9.